The number of carbonyl (C=O) groups excluding carboxylic acids is 2. The summed E-state index contributed by atoms with van der Waals surface area (Å²) in [5, 5.41) is 7.15. The number of hydrogen-bond acceptors (Lipinski definition) is 3. The highest BCUT2D eigenvalue weighted by atomic mass is 35.5. The molecule has 0 bridgehead atoms. The van der Waals surface area contributed by atoms with Crippen LogP contribution in [0.4, 0.5) is 5.69 Å². The van der Waals surface area contributed by atoms with E-state index < -0.39 is 0 Å². The Balaban J connectivity index is 1.94. The second-order valence-corrected chi connectivity index (χ2v) is 4.95. The molecule has 6 heteroatoms. The Kier molecular flexibility index (Phi) is 5.27. The fraction of sp³-hybridized carbons (Fsp3) is 0.0625. The summed E-state index contributed by atoms with van der Waals surface area (Å²) in [5.74, 6) is -0.496. The van der Waals surface area contributed by atoms with Crippen molar-refractivity contribution in [3.8, 4) is 0 Å². The van der Waals surface area contributed by atoms with Gasteiger partial charge in [0.25, 0.3) is 5.91 Å². The van der Waals surface area contributed by atoms with Crippen molar-refractivity contribution in [1.29, 1.82) is 0 Å². The molecule has 0 fully saturated rings. The van der Waals surface area contributed by atoms with Crippen LogP contribution in [0.3, 0.4) is 0 Å². The molecule has 0 saturated heterocycles. The Morgan fingerprint density at radius 2 is 1.68 bits per heavy atom. The van der Waals surface area contributed by atoms with Crippen molar-refractivity contribution in [2.75, 3.05) is 5.32 Å². The molecule has 0 aliphatic carbocycles. The van der Waals surface area contributed by atoms with Crippen LogP contribution >= 0.6 is 11.6 Å². The molecule has 0 radical (unpaired) electrons. The van der Waals surface area contributed by atoms with E-state index in [9.17, 15) is 9.59 Å². The molecule has 22 heavy (non-hydrogen) atoms. The molecule has 5 nitrogen and oxygen atoms in total. The van der Waals surface area contributed by atoms with Crippen LogP contribution in [-0.2, 0) is 4.79 Å². The first kappa shape index (κ1) is 15.7. The molecule has 0 aliphatic heterocycles. The second-order valence-electron chi connectivity index (χ2n) is 4.51. The first-order valence-electron chi connectivity index (χ1n) is 6.51. The van der Waals surface area contributed by atoms with E-state index in [2.05, 4.69) is 15.8 Å². The average molecular weight is 316 g/mol. The third kappa shape index (κ3) is 4.71. The largest absolute Gasteiger partial charge is 0.326 e. The van der Waals surface area contributed by atoms with Crippen LogP contribution < -0.4 is 10.7 Å². The van der Waals surface area contributed by atoms with Crippen LogP contribution in [0.1, 0.15) is 22.8 Å². The smallest absolute Gasteiger partial charge is 0.271 e. The van der Waals surface area contributed by atoms with Gasteiger partial charge in [0.1, 0.15) is 0 Å². The van der Waals surface area contributed by atoms with E-state index in [4.69, 9.17) is 11.6 Å². The van der Waals surface area contributed by atoms with Crippen molar-refractivity contribution in [2.24, 2.45) is 5.10 Å². The van der Waals surface area contributed by atoms with Crippen LogP contribution in [0.2, 0.25) is 5.02 Å². The number of rotatable bonds is 4. The molecule has 0 saturated carbocycles. The van der Waals surface area contributed by atoms with E-state index in [-0.39, 0.29) is 11.8 Å². The molecule has 2 aromatic rings. The summed E-state index contributed by atoms with van der Waals surface area (Å²) >= 11 is 5.78. The van der Waals surface area contributed by atoms with Crippen LogP contribution in [0.5, 0.6) is 0 Å². The third-order valence-electron chi connectivity index (χ3n) is 2.72. The Morgan fingerprint density at radius 3 is 2.27 bits per heavy atom. The summed E-state index contributed by atoms with van der Waals surface area (Å²) in [6.07, 6.45) is 1.53. The van der Waals surface area contributed by atoms with Crippen molar-refractivity contribution in [2.45, 2.75) is 6.92 Å². The zero-order valence-corrected chi connectivity index (χ0v) is 12.6. The maximum atomic E-state index is 11.9. The van der Waals surface area contributed by atoms with Gasteiger partial charge in [0.05, 0.1) is 6.21 Å². The van der Waals surface area contributed by atoms with Crippen molar-refractivity contribution in [3.05, 3.63) is 64.7 Å². The Hall–Kier alpha value is -2.66. The number of carbonyl (C=O) groups is 2. The van der Waals surface area contributed by atoms with Crippen molar-refractivity contribution >= 4 is 35.3 Å². The van der Waals surface area contributed by atoms with Crippen LogP contribution in [0, 0.1) is 0 Å². The number of hydrazone groups is 1. The molecule has 2 rings (SSSR count). The lowest BCUT2D eigenvalue weighted by atomic mass is 10.2. The average Bonchev–Trinajstić information content (AvgIpc) is 2.49. The molecule has 0 aliphatic rings. The Labute approximate surface area is 133 Å². The summed E-state index contributed by atoms with van der Waals surface area (Å²) in [6.45, 7) is 1.42. The number of nitrogens with one attached hydrogen (secondary N) is 2. The maximum Gasteiger partial charge on any atom is 0.271 e. The van der Waals surface area contributed by atoms with E-state index in [1.165, 1.54) is 13.1 Å². The maximum absolute atomic E-state index is 11.9. The minimum atomic E-state index is -0.334. The first-order chi connectivity index (χ1) is 10.5. The predicted octanol–water partition coefficient (Wildman–Crippen LogP) is 3.06. The summed E-state index contributed by atoms with van der Waals surface area (Å²) in [5.41, 5.74) is 4.34. The normalized spacial score (nSPS) is 10.5. The zero-order chi connectivity index (χ0) is 15.9. The lowest BCUT2D eigenvalue weighted by Crippen LogP contribution is -2.17. The lowest BCUT2D eigenvalue weighted by molar-refractivity contribution is -0.114. The molecule has 112 valence electrons. The van der Waals surface area contributed by atoms with E-state index >= 15 is 0 Å². The van der Waals surface area contributed by atoms with Gasteiger partial charge in [0.2, 0.25) is 5.91 Å². The fourth-order valence-electron chi connectivity index (χ4n) is 1.69. The van der Waals surface area contributed by atoms with Gasteiger partial charge in [0, 0.05) is 23.2 Å². The number of halogens is 1. The van der Waals surface area contributed by atoms with Gasteiger partial charge in [-0.05, 0) is 42.0 Å². The van der Waals surface area contributed by atoms with Gasteiger partial charge in [-0.1, -0.05) is 23.7 Å². The van der Waals surface area contributed by atoms with Crippen molar-refractivity contribution < 1.29 is 9.59 Å². The highest BCUT2D eigenvalue weighted by molar-refractivity contribution is 6.30. The SMILES string of the molecule is CC(=O)Nc1ccc(C(=O)N/N=C/c2ccc(Cl)cc2)cc1. The first-order valence-corrected chi connectivity index (χ1v) is 6.89. The minimum Gasteiger partial charge on any atom is -0.326 e. The summed E-state index contributed by atoms with van der Waals surface area (Å²) in [6, 6.07) is 13.6. The minimum absolute atomic E-state index is 0.162. The number of benzene rings is 2. The molecule has 0 heterocycles. The molecule has 2 amide bonds. The number of amides is 2. The van der Waals surface area contributed by atoms with Gasteiger partial charge in [-0.3, -0.25) is 9.59 Å². The Bertz CT molecular complexity index is 694. The van der Waals surface area contributed by atoms with Crippen molar-refractivity contribution in [1.82, 2.24) is 5.43 Å². The van der Waals surface area contributed by atoms with Gasteiger partial charge < -0.3 is 5.32 Å². The molecule has 0 aromatic heterocycles. The van der Waals surface area contributed by atoms with E-state index in [1.54, 1.807) is 48.5 Å². The molecule has 0 atom stereocenters. The highest BCUT2D eigenvalue weighted by Gasteiger charge is 2.04. The van der Waals surface area contributed by atoms with Crippen LogP contribution in [0.15, 0.2) is 53.6 Å². The van der Waals surface area contributed by atoms with Gasteiger partial charge >= 0.3 is 0 Å². The van der Waals surface area contributed by atoms with Gasteiger partial charge in [-0.2, -0.15) is 5.10 Å². The van der Waals surface area contributed by atoms with Crippen LogP contribution in [-0.4, -0.2) is 18.0 Å². The molecular formula is C16H14ClN3O2. The van der Waals surface area contributed by atoms with Crippen LogP contribution in [0.25, 0.3) is 0 Å². The summed E-state index contributed by atoms with van der Waals surface area (Å²) < 4.78 is 0. The number of nitrogens with zero attached hydrogens (tertiary/aromatic N) is 1. The second kappa shape index (κ2) is 7.38. The lowest BCUT2D eigenvalue weighted by Gasteiger charge is -2.03. The number of anilines is 1. The Morgan fingerprint density at radius 1 is 1.05 bits per heavy atom. The fourth-order valence-corrected chi connectivity index (χ4v) is 1.81. The van der Waals surface area contributed by atoms with E-state index in [1.807, 2.05) is 0 Å². The zero-order valence-electron chi connectivity index (χ0n) is 11.8. The van der Waals surface area contributed by atoms with Gasteiger partial charge in [0.15, 0.2) is 0 Å². The molecule has 0 spiro atoms. The molecule has 0 unspecified atom stereocenters. The molecular weight excluding hydrogens is 302 g/mol. The van der Waals surface area contributed by atoms with E-state index in [0.717, 1.165) is 5.56 Å². The topological polar surface area (TPSA) is 70.6 Å². The van der Waals surface area contributed by atoms with Gasteiger partial charge in [-0.25, -0.2) is 5.43 Å². The summed E-state index contributed by atoms with van der Waals surface area (Å²) in [4.78, 5) is 22.8. The van der Waals surface area contributed by atoms with E-state index in [0.29, 0.717) is 16.3 Å². The monoisotopic (exact) mass is 315 g/mol. The predicted molar refractivity (Wildman–Crippen MR) is 87.3 cm³/mol. The molecule has 2 N–H and O–H groups in total. The highest BCUT2D eigenvalue weighted by Crippen LogP contribution is 2.10. The third-order valence-corrected chi connectivity index (χ3v) is 2.97. The molecule has 2 aromatic carbocycles. The van der Waals surface area contributed by atoms with Crippen molar-refractivity contribution in [3.63, 3.8) is 0 Å². The number of hydrogen-bond donors (Lipinski definition) is 2. The van der Waals surface area contributed by atoms with Gasteiger partial charge in [-0.15, -0.1) is 0 Å². The standard InChI is InChI=1S/C16H14ClN3O2/c1-11(21)19-15-8-4-13(5-9-15)16(22)20-18-10-12-2-6-14(17)7-3-12/h2-10H,1H3,(H,19,21)(H,20,22)/b18-10+. The quantitative estimate of drug-likeness (QED) is 0.672. The summed E-state index contributed by atoms with van der Waals surface area (Å²) in [7, 11) is 0.